The first-order valence-corrected chi connectivity index (χ1v) is 6.57. The lowest BCUT2D eigenvalue weighted by Gasteiger charge is -2.07. The minimum Gasteiger partial charge on any atom is -0.478 e. The molecule has 2 aromatic carbocycles. The van der Waals surface area contributed by atoms with Gasteiger partial charge < -0.3 is 4.74 Å². The van der Waals surface area contributed by atoms with Gasteiger partial charge in [0, 0.05) is 12.5 Å². The summed E-state index contributed by atoms with van der Waals surface area (Å²) in [6, 6.07) is 13.4. The van der Waals surface area contributed by atoms with E-state index in [9.17, 15) is 14.9 Å². The largest absolute Gasteiger partial charge is 0.478 e. The summed E-state index contributed by atoms with van der Waals surface area (Å²) < 4.78 is 5.24. The molecule has 0 saturated carbocycles. The minimum absolute atomic E-state index is 0.0782. The number of benzene rings is 2. The first-order valence-electron chi connectivity index (χ1n) is 6.19. The van der Waals surface area contributed by atoms with Gasteiger partial charge in [-0.15, -0.1) is 0 Å². The molecule has 21 heavy (non-hydrogen) atoms. The van der Waals surface area contributed by atoms with Gasteiger partial charge in [-0.25, -0.2) is 0 Å². The maximum Gasteiger partial charge on any atom is 0.312 e. The van der Waals surface area contributed by atoms with Crippen molar-refractivity contribution in [1.82, 2.24) is 0 Å². The van der Waals surface area contributed by atoms with Crippen LogP contribution in [-0.4, -0.2) is 17.3 Å². The Labute approximate surface area is 126 Å². The number of rotatable bonds is 6. The number of ketones is 1. The average Bonchev–Trinajstić information content (AvgIpc) is 2.46. The highest BCUT2D eigenvalue weighted by molar-refractivity contribution is 6.32. The van der Waals surface area contributed by atoms with E-state index >= 15 is 0 Å². The zero-order valence-corrected chi connectivity index (χ0v) is 11.7. The van der Waals surface area contributed by atoms with Gasteiger partial charge >= 0.3 is 5.69 Å². The molecule has 0 fully saturated rings. The van der Waals surface area contributed by atoms with Crippen LogP contribution in [0.2, 0.25) is 5.02 Å². The zero-order valence-electron chi connectivity index (χ0n) is 11.0. The number of nitrogens with zero attached hydrogens (tertiary/aromatic N) is 1. The molecule has 0 N–H and O–H groups in total. The van der Waals surface area contributed by atoms with Gasteiger partial charge in [0.05, 0.1) is 9.95 Å². The molecule has 0 unspecified atom stereocenters. The van der Waals surface area contributed by atoms with Gasteiger partial charge in [-0.1, -0.05) is 48.0 Å². The van der Waals surface area contributed by atoms with Crippen molar-refractivity contribution in [3.05, 3.63) is 69.2 Å². The van der Waals surface area contributed by atoms with E-state index in [2.05, 4.69) is 0 Å². The van der Waals surface area contributed by atoms with E-state index in [1.165, 1.54) is 18.2 Å². The number of hydrogen-bond acceptors (Lipinski definition) is 4. The van der Waals surface area contributed by atoms with Crippen LogP contribution < -0.4 is 4.74 Å². The van der Waals surface area contributed by atoms with Gasteiger partial charge in [0.15, 0.2) is 5.78 Å². The number of ether oxygens (including phenoxy) is 1. The Bertz CT molecular complexity index is 658. The van der Waals surface area contributed by atoms with Crippen molar-refractivity contribution in [2.45, 2.75) is 6.42 Å². The fourth-order valence-corrected chi connectivity index (χ4v) is 2.04. The Morgan fingerprint density at radius 3 is 2.52 bits per heavy atom. The van der Waals surface area contributed by atoms with E-state index in [-0.39, 0.29) is 35.3 Å². The molecule has 0 aliphatic carbocycles. The molecule has 0 radical (unpaired) electrons. The summed E-state index contributed by atoms with van der Waals surface area (Å²) in [6.07, 6.45) is 0.207. The van der Waals surface area contributed by atoms with Crippen molar-refractivity contribution >= 4 is 23.1 Å². The molecule has 108 valence electrons. The second kappa shape index (κ2) is 6.85. The number of nitro groups is 1. The first kappa shape index (κ1) is 15.0. The fourth-order valence-electron chi connectivity index (χ4n) is 1.81. The normalized spacial score (nSPS) is 10.1. The molecule has 0 spiro atoms. The zero-order chi connectivity index (χ0) is 15.2. The lowest BCUT2D eigenvalue weighted by molar-refractivity contribution is -0.385. The molecule has 0 bridgehead atoms. The second-order valence-electron chi connectivity index (χ2n) is 4.33. The highest BCUT2D eigenvalue weighted by Gasteiger charge is 2.19. The van der Waals surface area contributed by atoms with Gasteiger partial charge in [0.1, 0.15) is 6.61 Å². The van der Waals surface area contributed by atoms with E-state index in [1.807, 2.05) is 30.3 Å². The van der Waals surface area contributed by atoms with Crippen molar-refractivity contribution in [3.63, 3.8) is 0 Å². The third-order valence-electron chi connectivity index (χ3n) is 2.76. The lowest BCUT2D eigenvalue weighted by Crippen LogP contribution is -2.14. The van der Waals surface area contributed by atoms with Crippen molar-refractivity contribution in [2.75, 3.05) is 6.61 Å². The minimum atomic E-state index is -0.594. The monoisotopic (exact) mass is 305 g/mol. The summed E-state index contributed by atoms with van der Waals surface area (Å²) >= 11 is 5.88. The van der Waals surface area contributed by atoms with Crippen LogP contribution in [0.4, 0.5) is 5.69 Å². The average molecular weight is 306 g/mol. The number of hydrogen-bond donors (Lipinski definition) is 0. The molecule has 0 aromatic heterocycles. The lowest BCUT2D eigenvalue weighted by atomic mass is 10.1. The Balaban J connectivity index is 2.03. The molecule has 0 aliphatic heterocycles. The molecule has 0 atom stereocenters. The van der Waals surface area contributed by atoms with Gasteiger partial charge in [-0.3, -0.25) is 14.9 Å². The third-order valence-corrected chi connectivity index (χ3v) is 3.06. The van der Waals surface area contributed by atoms with Crippen LogP contribution in [0.5, 0.6) is 5.75 Å². The molecule has 0 saturated heterocycles. The third kappa shape index (κ3) is 4.03. The summed E-state index contributed by atoms with van der Waals surface area (Å²) in [5.41, 5.74) is 0.606. The van der Waals surface area contributed by atoms with E-state index < -0.39 is 4.92 Å². The van der Waals surface area contributed by atoms with Crippen molar-refractivity contribution < 1.29 is 14.5 Å². The van der Waals surface area contributed by atoms with Crippen molar-refractivity contribution in [2.24, 2.45) is 0 Å². The summed E-state index contributed by atoms with van der Waals surface area (Å²) in [6.45, 7) is -0.264. The highest BCUT2D eigenvalue weighted by Crippen LogP contribution is 2.34. The van der Waals surface area contributed by atoms with Crippen LogP contribution in [-0.2, 0) is 11.2 Å². The Kier molecular flexibility index (Phi) is 4.90. The van der Waals surface area contributed by atoms with Crippen LogP contribution in [0.25, 0.3) is 0 Å². The van der Waals surface area contributed by atoms with Gasteiger partial charge in [-0.05, 0) is 11.6 Å². The van der Waals surface area contributed by atoms with Crippen LogP contribution in [0.1, 0.15) is 5.56 Å². The molecule has 0 aliphatic rings. The number of carbonyl (C=O) groups excluding carboxylic acids is 1. The second-order valence-corrected chi connectivity index (χ2v) is 4.74. The maximum absolute atomic E-state index is 11.8. The van der Waals surface area contributed by atoms with E-state index in [0.29, 0.717) is 0 Å². The van der Waals surface area contributed by atoms with Crippen LogP contribution >= 0.6 is 11.6 Å². The number of Topliss-reactive ketones (excluding diaryl/α,β-unsaturated/α-hetero) is 1. The summed E-state index contributed by atoms with van der Waals surface area (Å²) in [5, 5.41) is 11.0. The molecule has 2 rings (SSSR count). The molecule has 0 amide bonds. The van der Waals surface area contributed by atoms with E-state index in [1.54, 1.807) is 0 Å². The van der Waals surface area contributed by atoms with E-state index in [0.717, 1.165) is 5.56 Å². The van der Waals surface area contributed by atoms with E-state index in [4.69, 9.17) is 16.3 Å². The van der Waals surface area contributed by atoms with Crippen molar-refractivity contribution in [1.29, 1.82) is 0 Å². The predicted molar refractivity (Wildman–Crippen MR) is 78.8 cm³/mol. The van der Waals surface area contributed by atoms with Crippen LogP contribution in [0, 0.1) is 10.1 Å². The van der Waals surface area contributed by atoms with Gasteiger partial charge in [-0.2, -0.15) is 0 Å². The van der Waals surface area contributed by atoms with Crippen LogP contribution in [0.15, 0.2) is 48.5 Å². The number of para-hydroxylation sites is 1. The summed E-state index contributed by atoms with van der Waals surface area (Å²) in [4.78, 5) is 22.1. The number of carbonyl (C=O) groups is 1. The smallest absolute Gasteiger partial charge is 0.312 e. The predicted octanol–water partition coefficient (Wildman–Crippen LogP) is 3.44. The summed E-state index contributed by atoms with van der Waals surface area (Å²) in [7, 11) is 0. The molecular formula is C15H12ClNO4. The molecule has 5 nitrogen and oxygen atoms in total. The molecule has 2 aromatic rings. The standard InChI is InChI=1S/C15H12ClNO4/c16-13-7-4-8-14(17(19)20)15(13)21-10-12(18)9-11-5-2-1-3-6-11/h1-8H,9-10H2. The quantitative estimate of drug-likeness (QED) is 0.605. The number of halogens is 1. The molecular weight excluding hydrogens is 294 g/mol. The fraction of sp³-hybridized carbons (Fsp3) is 0.133. The van der Waals surface area contributed by atoms with Gasteiger partial charge in [0.25, 0.3) is 0 Å². The van der Waals surface area contributed by atoms with Crippen LogP contribution in [0.3, 0.4) is 0 Å². The molecule has 6 heteroatoms. The first-order chi connectivity index (χ1) is 10.1. The highest BCUT2D eigenvalue weighted by atomic mass is 35.5. The topological polar surface area (TPSA) is 69.4 Å². The van der Waals surface area contributed by atoms with Crippen molar-refractivity contribution in [3.8, 4) is 5.75 Å². The number of nitro benzene ring substituents is 1. The Hall–Kier alpha value is -2.40. The maximum atomic E-state index is 11.8. The SMILES string of the molecule is O=C(COc1c(Cl)cccc1[N+](=O)[O-])Cc1ccccc1. The summed E-state index contributed by atoms with van der Waals surface area (Å²) in [5.74, 6) is -0.263. The Morgan fingerprint density at radius 2 is 1.86 bits per heavy atom. The van der Waals surface area contributed by atoms with Gasteiger partial charge in [0.2, 0.25) is 5.75 Å². The molecule has 0 heterocycles. The Morgan fingerprint density at radius 1 is 1.14 bits per heavy atom.